The van der Waals surface area contributed by atoms with Gasteiger partial charge in [0.2, 0.25) is 23.8 Å². The van der Waals surface area contributed by atoms with Crippen molar-refractivity contribution in [1.82, 2.24) is 20.3 Å². The van der Waals surface area contributed by atoms with E-state index in [1.54, 1.807) is 0 Å². The molecule has 0 aliphatic heterocycles. The molecule has 0 saturated heterocycles. The average Bonchev–Trinajstić information content (AvgIpc) is 3.23. The summed E-state index contributed by atoms with van der Waals surface area (Å²) in [5.41, 5.74) is 5.70. The van der Waals surface area contributed by atoms with Gasteiger partial charge in [0.25, 0.3) is 0 Å². The highest BCUT2D eigenvalue weighted by Gasteiger charge is 2.22. The molecular formula is C13H23N7O. The van der Waals surface area contributed by atoms with Crippen molar-refractivity contribution >= 4 is 23.8 Å². The lowest BCUT2D eigenvalue weighted by Gasteiger charge is -2.19. The van der Waals surface area contributed by atoms with Crippen LogP contribution in [-0.4, -0.2) is 46.5 Å². The predicted octanol–water partition coefficient (Wildman–Crippen LogP) is 0.381. The van der Waals surface area contributed by atoms with Crippen molar-refractivity contribution in [2.75, 3.05) is 35.6 Å². The predicted molar refractivity (Wildman–Crippen MR) is 82.1 cm³/mol. The van der Waals surface area contributed by atoms with Gasteiger partial charge in [-0.2, -0.15) is 15.0 Å². The molecule has 0 radical (unpaired) electrons. The van der Waals surface area contributed by atoms with Crippen LogP contribution < -0.4 is 21.3 Å². The molecule has 1 amide bonds. The van der Waals surface area contributed by atoms with Gasteiger partial charge in [-0.05, 0) is 26.7 Å². The number of hydrogen-bond donors (Lipinski definition) is 3. The van der Waals surface area contributed by atoms with E-state index in [1.807, 2.05) is 18.7 Å². The first kappa shape index (κ1) is 15.3. The van der Waals surface area contributed by atoms with Gasteiger partial charge in [0.1, 0.15) is 0 Å². The Morgan fingerprint density at radius 1 is 1.29 bits per heavy atom. The largest absolute Gasteiger partial charge is 0.368 e. The Labute approximate surface area is 124 Å². The lowest BCUT2D eigenvalue weighted by molar-refractivity contribution is -0.120. The van der Waals surface area contributed by atoms with Crippen LogP contribution in [0.5, 0.6) is 0 Å². The molecule has 0 spiro atoms. The van der Waals surface area contributed by atoms with Gasteiger partial charge in [-0.25, -0.2) is 0 Å². The second kappa shape index (κ2) is 7.05. The number of nitrogen functional groups attached to an aromatic ring is 1. The average molecular weight is 293 g/mol. The topological polar surface area (TPSA) is 109 Å². The van der Waals surface area contributed by atoms with Crippen molar-refractivity contribution in [2.45, 2.75) is 39.2 Å². The van der Waals surface area contributed by atoms with Gasteiger partial charge < -0.3 is 21.3 Å². The minimum atomic E-state index is 0.0518. The van der Waals surface area contributed by atoms with Crippen LogP contribution >= 0.6 is 0 Å². The Hall–Kier alpha value is -2.12. The number of carbonyl (C=O) groups excluding carboxylic acids is 1. The van der Waals surface area contributed by atoms with Crippen molar-refractivity contribution in [3.8, 4) is 0 Å². The van der Waals surface area contributed by atoms with Gasteiger partial charge in [-0.15, -0.1) is 0 Å². The Kier molecular flexibility index (Phi) is 5.13. The van der Waals surface area contributed by atoms with Crippen molar-refractivity contribution < 1.29 is 4.79 Å². The van der Waals surface area contributed by atoms with Crippen LogP contribution in [0.1, 0.15) is 33.1 Å². The summed E-state index contributed by atoms with van der Waals surface area (Å²) in [6, 6.07) is 0.389. The zero-order valence-electron chi connectivity index (χ0n) is 12.6. The standard InChI is InChI=1S/C13H23N7O/c1-3-20(4-2)13-18-11(14)17-12(19-13)15-8-7-10(21)16-9-5-6-9/h9H,3-8H2,1-2H3,(H,16,21)(H3,14,15,17,18,19). The first-order valence-electron chi connectivity index (χ1n) is 7.42. The van der Waals surface area contributed by atoms with Crippen LogP contribution in [0.4, 0.5) is 17.8 Å². The fourth-order valence-corrected chi connectivity index (χ4v) is 1.92. The molecule has 0 atom stereocenters. The highest BCUT2D eigenvalue weighted by molar-refractivity contribution is 5.77. The number of nitrogens with zero attached hydrogens (tertiary/aromatic N) is 4. The Bertz CT molecular complexity index is 485. The molecular weight excluding hydrogens is 270 g/mol. The van der Waals surface area contributed by atoms with Crippen LogP contribution in [0.3, 0.4) is 0 Å². The van der Waals surface area contributed by atoms with E-state index in [0.29, 0.717) is 30.9 Å². The minimum absolute atomic E-state index is 0.0518. The van der Waals surface area contributed by atoms with Crippen LogP contribution in [0, 0.1) is 0 Å². The third-order valence-corrected chi connectivity index (χ3v) is 3.26. The molecule has 8 heteroatoms. The fourth-order valence-electron chi connectivity index (χ4n) is 1.92. The summed E-state index contributed by atoms with van der Waals surface area (Å²) in [7, 11) is 0. The molecule has 1 aromatic rings. The summed E-state index contributed by atoms with van der Waals surface area (Å²) < 4.78 is 0. The van der Waals surface area contributed by atoms with Gasteiger partial charge in [-0.3, -0.25) is 4.79 Å². The molecule has 1 fully saturated rings. The van der Waals surface area contributed by atoms with E-state index in [0.717, 1.165) is 25.9 Å². The SMILES string of the molecule is CCN(CC)c1nc(N)nc(NCCC(=O)NC2CC2)n1. The number of nitrogens with two attached hydrogens (primary N) is 1. The second-order valence-electron chi connectivity index (χ2n) is 5.01. The van der Waals surface area contributed by atoms with E-state index in [-0.39, 0.29) is 11.9 Å². The highest BCUT2D eigenvalue weighted by Crippen LogP contribution is 2.18. The molecule has 4 N–H and O–H groups in total. The first-order chi connectivity index (χ1) is 10.1. The molecule has 0 unspecified atom stereocenters. The third-order valence-electron chi connectivity index (χ3n) is 3.26. The van der Waals surface area contributed by atoms with Crippen molar-refractivity contribution in [3.05, 3.63) is 0 Å². The van der Waals surface area contributed by atoms with Crippen LogP contribution in [0.15, 0.2) is 0 Å². The summed E-state index contributed by atoms with van der Waals surface area (Å²) in [5, 5.41) is 5.96. The van der Waals surface area contributed by atoms with Gasteiger partial charge >= 0.3 is 0 Å². The van der Waals surface area contributed by atoms with Gasteiger partial charge in [-0.1, -0.05) is 0 Å². The van der Waals surface area contributed by atoms with Crippen molar-refractivity contribution in [1.29, 1.82) is 0 Å². The van der Waals surface area contributed by atoms with Crippen LogP contribution in [0.25, 0.3) is 0 Å². The molecule has 0 bridgehead atoms. The van der Waals surface area contributed by atoms with Crippen LogP contribution in [-0.2, 0) is 4.79 Å². The maximum Gasteiger partial charge on any atom is 0.231 e. The molecule has 21 heavy (non-hydrogen) atoms. The summed E-state index contributed by atoms with van der Waals surface area (Å²) >= 11 is 0. The maximum absolute atomic E-state index is 11.6. The van der Waals surface area contributed by atoms with E-state index in [2.05, 4.69) is 25.6 Å². The summed E-state index contributed by atoms with van der Waals surface area (Å²) in [4.78, 5) is 26.1. The number of hydrogen-bond acceptors (Lipinski definition) is 7. The number of amides is 1. The van der Waals surface area contributed by atoms with E-state index in [1.165, 1.54) is 0 Å². The quantitative estimate of drug-likeness (QED) is 0.635. The first-order valence-corrected chi connectivity index (χ1v) is 7.42. The minimum Gasteiger partial charge on any atom is -0.368 e. The Morgan fingerprint density at radius 3 is 2.62 bits per heavy atom. The van der Waals surface area contributed by atoms with Crippen molar-refractivity contribution in [2.24, 2.45) is 0 Å². The molecule has 1 aromatic heterocycles. The fraction of sp³-hybridized carbons (Fsp3) is 0.692. The van der Waals surface area contributed by atoms with Crippen molar-refractivity contribution in [3.63, 3.8) is 0 Å². The summed E-state index contributed by atoms with van der Waals surface area (Å²) in [5.74, 6) is 1.19. The molecule has 1 aliphatic rings. The molecule has 1 heterocycles. The number of anilines is 3. The molecule has 8 nitrogen and oxygen atoms in total. The number of nitrogens with one attached hydrogen (secondary N) is 2. The van der Waals surface area contributed by atoms with E-state index < -0.39 is 0 Å². The zero-order chi connectivity index (χ0) is 15.2. The molecule has 0 aromatic carbocycles. The summed E-state index contributed by atoms with van der Waals surface area (Å²) in [6.07, 6.45) is 2.58. The Balaban J connectivity index is 1.88. The van der Waals surface area contributed by atoms with Gasteiger partial charge in [0.15, 0.2) is 0 Å². The number of carbonyl (C=O) groups is 1. The smallest absolute Gasteiger partial charge is 0.231 e. The second-order valence-corrected chi connectivity index (χ2v) is 5.01. The Morgan fingerprint density at radius 2 is 2.00 bits per heavy atom. The van der Waals surface area contributed by atoms with E-state index in [9.17, 15) is 4.79 Å². The molecule has 2 rings (SSSR count). The lowest BCUT2D eigenvalue weighted by atomic mass is 10.4. The zero-order valence-corrected chi connectivity index (χ0v) is 12.6. The maximum atomic E-state index is 11.6. The van der Waals surface area contributed by atoms with E-state index >= 15 is 0 Å². The lowest BCUT2D eigenvalue weighted by Crippen LogP contribution is -2.28. The summed E-state index contributed by atoms with van der Waals surface area (Å²) in [6.45, 7) is 6.11. The van der Waals surface area contributed by atoms with Crippen LogP contribution in [0.2, 0.25) is 0 Å². The third kappa shape index (κ3) is 4.73. The molecule has 116 valence electrons. The molecule has 1 saturated carbocycles. The van der Waals surface area contributed by atoms with Gasteiger partial charge in [0, 0.05) is 32.1 Å². The number of aromatic nitrogens is 3. The number of rotatable bonds is 8. The monoisotopic (exact) mass is 293 g/mol. The van der Waals surface area contributed by atoms with E-state index in [4.69, 9.17) is 5.73 Å². The normalized spacial score (nSPS) is 13.8. The highest BCUT2D eigenvalue weighted by atomic mass is 16.1. The molecule has 1 aliphatic carbocycles. The van der Waals surface area contributed by atoms with Gasteiger partial charge in [0.05, 0.1) is 0 Å².